The van der Waals surface area contributed by atoms with Gasteiger partial charge in [-0.05, 0) is 24.7 Å². The first-order chi connectivity index (χ1) is 11.9. The fourth-order valence-corrected chi connectivity index (χ4v) is 3.40. The molecule has 1 aliphatic rings. The zero-order valence-corrected chi connectivity index (χ0v) is 16.0. The van der Waals surface area contributed by atoms with E-state index in [1.807, 2.05) is 6.07 Å². The molecule has 0 unspecified atom stereocenters. The van der Waals surface area contributed by atoms with E-state index < -0.39 is 10.0 Å². The quantitative estimate of drug-likeness (QED) is 0.444. The zero-order valence-electron chi connectivity index (χ0n) is 15.2. The van der Waals surface area contributed by atoms with Gasteiger partial charge in [-0.25, -0.2) is 13.1 Å². The number of rotatable bonds is 9. The van der Waals surface area contributed by atoms with E-state index in [0.717, 1.165) is 18.5 Å². The third kappa shape index (κ3) is 6.66. The first-order valence-electron chi connectivity index (χ1n) is 8.77. The molecule has 0 aromatic carbocycles. The van der Waals surface area contributed by atoms with E-state index in [0.29, 0.717) is 36.6 Å². The molecule has 8 nitrogen and oxygen atoms in total. The van der Waals surface area contributed by atoms with E-state index >= 15 is 0 Å². The molecule has 1 fully saturated rings. The number of hydrogen-bond donors (Lipinski definition) is 3. The van der Waals surface area contributed by atoms with Crippen molar-refractivity contribution in [3.63, 3.8) is 0 Å². The van der Waals surface area contributed by atoms with E-state index in [1.165, 1.54) is 6.42 Å². The van der Waals surface area contributed by atoms with Gasteiger partial charge in [0.15, 0.2) is 11.7 Å². The highest BCUT2D eigenvalue weighted by molar-refractivity contribution is 7.89. The van der Waals surface area contributed by atoms with Crippen molar-refractivity contribution in [1.82, 2.24) is 20.5 Å². The lowest BCUT2D eigenvalue weighted by Crippen LogP contribution is -2.41. The van der Waals surface area contributed by atoms with Crippen molar-refractivity contribution in [3.05, 3.63) is 17.5 Å². The van der Waals surface area contributed by atoms with Gasteiger partial charge in [-0.15, -0.1) is 0 Å². The Balaban J connectivity index is 1.68. The maximum Gasteiger partial charge on any atom is 0.213 e. The number of aromatic nitrogens is 1. The van der Waals surface area contributed by atoms with E-state index in [-0.39, 0.29) is 12.3 Å². The van der Waals surface area contributed by atoms with Crippen molar-refractivity contribution in [2.75, 3.05) is 25.9 Å². The van der Waals surface area contributed by atoms with Crippen LogP contribution in [0, 0.1) is 5.92 Å². The molecule has 1 aromatic heterocycles. The zero-order chi connectivity index (χ0) is 18.3. The summed E-state index contributed by atoms with van der Waals surface area (Å²) in [6, 6.07) is 1.90. The van der Waals surface area contributed by atoms with Crippen molar-refractivity contribution in [1.29, 1.82) is 0 Å². The molecule has 1 saturated carbocycles. The van der Waals surface area contributed by atoms with Crippen molar-refractivity contribution < 1.29 is 12.9 Å². The Labute approximate surface area is 149 Å². The minimum absolute atomic E-state index is 0.0141. The standard InChI is InChI=1S/C16H29N5O3S/c1-12(2)15-9-14(24-21-15)11-19-16(17-3)18-7-8-25(22,23)20-10-13-5-4-6-13/h9,12-13,20H,4-8,10-11H2,1-3H3,(H2,17,18,19). The van der Waals surface area contributed by atoms with Gasteiger partial charge in [0.1, 0.15) is 0 Å². The van der Waals surface area contributed by atoms with Crippen molar-refractivity contribution in [2.24, 2.45) is 10.9 Å². The van der Waals surface area contributed by atoms with Gasteiger partial charge in [0.05, 0.1) is 18.0 Å². The maximum atomic E-state index is 12.0. The highest BCUT2D eigenvalue weighted by atomic mass is 32.2. The minimum atomic E-state index is -3.25. The average molecular weight is 372 g/mol. The summed E-state index contributed by atoms with van der Waals surface area (Å²) in [6.07, 6.45) is 3.45. The number of hydrogen-bond acceptors (Lipinski definition) is 5. The van der Waals surface area contributed by atoms with Crippen LogP contribution >= 0.6 is 0 Å². The number of guanidine groups is 1. The highest BCUT2D eigenvalue weighted by Crippen LogP contribution is 2.25. The predicted octanol–water partition coefficient (Wildman–Crippen LogP) is 1.18. The van der Waals surface area contributed by atoms with Crippen LogP contribution in [0.3, 0.4) is 0 Å². The Morgan fingerprint density at radius 3 is 2.72 bits per heavy atom. The van der Waals surface area contributed by atoms with E-state index in [2.05, 4.69) is 39.4 Å². The summed E-state index contributed by atoms with van der Waals surface area (Å²) in [4.78, 5) is 4.08. The summed E-state index contributed by atoms with van der Waals surface area (Å²) in [5, 5.41) is 10.1. The molecule has 3 N–H and O–H groups in total. The van der Waals surface area contributed by atoms with Gasteiger partial charge in [-0.2, -0.15) is 0 Å². The van der Waals surface area contributed by atoms with E-state index in [1.54, 1.807) is 7.05 Å². The Hall–Kier alpha value is -1.61. The van der Waals surface area contributed by atoms with Crippen LogP contribution in [0.1, 0.15) is 50.5 Å². The molecule has 0 aliphatic heterocycles. The lowest BCUT2D eigenvalue weighted by molar-refractivity contribution is 0.316. The van der Waals surface area contributed by atoms with Gasteiger partial charge in [0, 0.05) is 26.2 Å². The summed E-state index contributed by atoms with van der Waals surface area (Å²) < 4.78 is 31.8. The average Bonchev–Trinajstić information content (AvgIpc) is 2.98. The molecule has 1 aromatic rings. The van der Waals surface area contributed by atoms with Crippen LogP contribution in [0.5, 0.6) is 0 Å². The van der Waals surface area contributed by atoms with E-state index in [9.17, 15) is 8.42 Å². The molecule has 0 saturated heterocycles. The first-order valence-corrected chi connectivity index (χ1v) is 10.4. The highest BCUT2D eigenvalue weighted by Gasteiger charge is 2.20. The Morgan fingerprint density at radius 1 is 1.40 bits per heavy atom. The Kier molecular flexibility index (Phi) is 7.24. The first kappa shape index (κ1) is 19.7. The van der Waals surface area contributed by atoms with Crippen LogP contribution in [0.2, 0.25) is 0 Å². The van der Waals surface area contributed by atoms with Gasteiger partial charge in [-0.1, -0.05) is 25.4 Å². The Bertz CT molecular complexity index is 665. The largest absolute Gasteiger partial charge is 0.359 e. The minimum Gasteiger partial charge on any atom is -0.359 e. The van der Waals surface area contributed by atoms with E-state index in [4.69, 9.17) is 4.52 Å². The van der Waals surface area contributed by atoms with Crippen LogP contribution in [-0.4, -0.2) is 45.4 Å². The van der Waals surface area contributed by atoms with Crippen LogP contribution in [0.25, 0.3) is 0 Å². The molecule has 0 atom stereocenters. The second-order valence-corrected chi connectivity index (χ2v) is 8.62. The van der Waals surface area contributed by atoms with Crippen molar-refractivity contribution in [2.45, 2.75) is 45.6 Å². The molecule has 25 heavy (non-hydrogen) atoms. The molecule has 1 aliphatic carbocycles. The van der Waals surface area contributed by atoms with Gasteiger partial charge in [-0.3, -0.25) is 4.99 Å². The number of sulfonamides is 1. The second kappa shape index (κ2) is 9.19. The summed E-state index contributed by atoms with van der Waals surface area (Å²) in [6.45, 7) is 5.38. The monoisotopic (exact) mass is 371 g/mol. The third-order valence-corrected chi connectivity index (χ3v) is 5.65. The fourth-order valence-electron chi connectivity index (χ4n) is 2.39. The molecule has 0 amide bonds. The molecule has 9 heteroatoms. The van der Waals surface area contributed by atoms with Crippen LogP contribution < -0.4 is 15.4 Å². The molecule has 0 spiro atoms. The maximum absolute atomic E-state index is 12.0. The lowest BCUT2D eigenvalue weighted by atomic mass is 9.86. The van der Waals surface area contributed by atoms with Crippen molar-refractivity contribution in [3.8, 4) is 0 Å². The van der Waals surface area contributed by atoms with Gasteiger partial charge < -0.3 is 15.2 Å². The summed E-state index contributed by atoms with van der Waals surface area (Å²) in [5.41, 5.74) is 0.906. The SMILES string of the molecule is CN=C(NCCS(=O)(=O)NCC1CCC1)NCc1cc(C(C)C)no1. The topological polar surface area (TPSA) is 109 Å². The summed E-state index contributed by atoms with van der Waals surface area (Å²) >= 11 is 0. The molecule has 0 radical (unpaired) electrons. The molecule has 0 bridgehead atoms. The van der Waals surface area contributed by atoms with Gasteiger partial charge >= 0.3 is 0 Å². The van der Waals surface area contributed by atoms with Crippen LogP contribution in [0.15, 0.2) is 15.6 Å². The number of aliphatic imine (C=N–C) groups is 1. The van der Waals surface area contributed by atoms with Crippen molar-refractivity contribution >= 4 is 16.0 Å². The van der Waals surface area contributed by atoms with Gasteiger partial charge in [0.25, 0.3) is 0 Å². The predicted molar refractivity (Wildman–Crippen MR) is 97.9 cm³/mol. The molecule has 1 heterocycles. The fraction of sp³-hybridized carbons (Fsp3) is 0.750. The molecular formula is C16H29N5O3S. The normalized spacial score (nSPS) is 16.1. The smallest absolute Gasteiger partial charge is 0.213 e. The number of nitrogens with one attached hydrogen (secondary N) is 3. The molecule has 2 rings (SSSR count). The molecular weight excluding hydrogens is 342 g/mol. The summed E-state index contributed by atoms with van der Waals surface area (Å²) in [5.74, 6) is 2.07. The lowest BCUT2D eigenvalue weighted by Gasteiger charge is -2.25. The number of nitrogens with zero attached hydrogens (tertiary/aromatic N) is 2. The third-order valence-electron chi connectivity index (χ3n) is 4.30. The van der Waals surface area contributed by atoms with Crippen LogP contribution in [-0.2, 0) is 16.6 Å². The summed E-state index contributed by atoms with van der Waals surface area (Å²) in [7, 11) is -1.62. The second-order valence-electron chi connectivity index (χ2n) is 6.69. The van der Waals surface area contributed by atoms with Crippen LogP contribution in [0.4, 0.5) is 0 Å². The Morgan fingerprint density at radius 2 is 2.16 bits per heavy atom. The molecule has 142 valence electrons. The van der Waals surface area contributed by atoms with Gasteiger partial charge in [0.2, 0.25) is 10.0 Å².